The normalized spacial score (nSPS) is 38.7. The number of aromatic nitrogens is 2. The lowest BCUT2D eigenvalue weighted by Crippen LogP contribution is -2.48. The van der Waals surface area contributed by atoms with Crippen LogP contribution >= 0.6 is 0 Å². The quantitative estimate of drug-likeness (QED) is 0.755. The lowest BCUT2D eigenvalue weighted by Gasteiger charge is -2.56. The van der Waals surface area contributed by atoms with Crippen LogP contribution in [0, 0.1) is 37.0 Å². The maximum atomic E-state index is 6.34. The third kappa shape index (κ3) is 2.75. The van der Waals surface area contributed by atoms with Gasteiger partial charge in [0, 0.05) is 17.7 Å². The van der Waals surface area contributed by atoms with Gasteiger partial charge in [0.15, 0.2) is 0 Å². The van der Waals surface area contributed by atoms with Crippen LogP contribution in [0.2, 0.25) is 0 Å². The standard InChI is InChI=1S/C22H35BN2O2/c1-14-19(23-26-20(3,4)21(5,6)27-23)15(2)25(24-14)13-22-10-16-7-17(11-22)9-18(8-16)12-22/h16-18H,7-13H2,1-6H3. The van der Waals surface area contributed by atoms with Crippen LogP contribution in [0.25, 0.3) is 0 Å². The van der Waals surface area contributed by atoms with E-state index in [0.717, 1.165) is 35.5 Å². The Kier molecular flexibility index (Phi) is 3.80. The van der Waals surface area contributed by atoms with Crippen molar-refractivity contribution in [3.05, 3.63) is 11.4 Å². The zero-order valence-corrected chi connectivity index (χ0v) is 18.0. The molecule has 0 atom stereocenters. The van der Waals surface area contributed by atoms with Gasteiger partial charge in [-0.2, -0.15) is 5.10 Å². The molecule has 148 valence electrons. The fourth-order valence-electron chi connectivity index (χ4n) is 6.97. The molecule has 1 aliphatic heterocycles. The molecular formula is C22H35BN2O2. The Morgan fingerprint density at radius 1 is 0.926 bits per heavy atom. The molecule has 6 rings (SSSR count). The minimum absolute atomic E-state index is 0.305. The molecule has 1 aromatic rings. The molecule has 4 bridgehead atoms. The van der Waals surface area contributed by atoms with E-state index in [-0.39, 0.29) is 18.3 Å². The molecule has 5 heteroatoms. The predicted octanol–water partition coefficient (Wildman–Crippen LogP) is 4.02. The van der Waals surface area contributed by atoms with Crippen molar-refractivity contribution in [2.45, 2.75) is 97.8 Å². The molecule has 2 heterocycles. The fraction of sp³-hybridized carbons (Fsp3) is 0.864. The molecule has 0 N–H and O–H groups in total. The highest BCUT2D eigenvalue weighted by Crippen LogP contribution is 2.60. The van der Waals surface area contributed by atoms with Gasteiger partial charge in [-0.15, -0.1) is 0 Å². The Hall–Kier alpha value is -0.805. The van der Waals surface area contributed by atoms with E-state index < -0.39 is 0 Å². The number of hydrogen-bond acceptors (Lipinski definition) is 3. The van der Waals surface area contributed by atoms with Crippen LogP contribution in [-0.2, 0) is 15.9 Å². The lowest BCUT2D eigenvalue weighted by atomic mass is 9.49. The maximum Gasteiger partial charge on any atom is 0.498 e. The maximum absolute atomic E-state index is 6.34. The summed E-state index contributed by atoms with van der Waals surface area (Å²) in [5, 5.41) is 4.98. The second-order valence-electron chi connectivity index (χ2n) is 11.2. The average molecular weight is 370 g/mol. The Balaban J connectivity index is 1.42. The fourth-order valence-corrected chi connectivity index (χ4v) is 6.97. The van der Waals surface area contributed by atoms with E-state index in [1.54, 1.807) is 0 Å². The van der Waals surface area contributed by atoms with Crippen LogP contribution in [0.1, 0.15) is 77.6 Å². The molecule has 1 saturated heterocycles. The zero-order valence-electron chi connectivity index (χ0n) is 18.0. The van der Waals surface area contributed by atoms with Crippen molar-refractivity contribution >= 4 is 12.6 Å². The summed E-state index contributed by atoms with van der Waals surface area (Å²) >= 11 is 0. The molecule has 1 aromatic heterocycles. The monoisotopic (exact) mass is 370 g/mol. The Morgan fingerprint density at radius 2 is 1.41 bits per heavy atom. The van der Waals surface area contributed by atoms with E-state index in [1.807, 2.05) is 0 Å². The first-order valence-electron chi connectivity index (χ1n) is 11.0. The minimum atomic E-state index is -0.307. The van der Waals surface area contributed by atoms with Crippen molar-refractivity contribution in [1.82, 2.24) is 9.78 Å². The summed E-state index contributed by atoms with van der Waals surface area (Å²) in [4.78, 5) is 0. The Labute approximate surface area is 164 Å². The summed E-state index contributed by atoms with van der Waals surface area (Å²) in [6, 6.07) is 0. The first-order chi connectivity index (χ1) is 12.6. The van der Waals surface area contributed by atoms with Gasteiger partial charge in [0.2, 0.25) is 0 Å². The molecule has 5 fully saturated rings. The summed E-state index contributed by atoms with van der Waals surface area (Å²) in [6.45, 7) is 13.9. The van der Waals surface area contributed by atoms with Crippen LogP contribution < -0.4 is 5.46 Å². The van der Waals surface area contributed by atoms with Gasteiger partial charge in [-0.25, -0.2) is 0 Å². The molecule has 4 saturated carbocycles. The van der Waals surface area contributed by atoms with Gasteiger partial charge in [0.1, 0.15) is 0 Å². The Morgan fingerprint density at radius 3 is 1.89 bits per heavy atom. The molecule has 0 aromatic carbocycles. The highest BCUT2D eigenvalue weighted by molar-refractivity contribution is 6.63. The number of rotatable bonds is 3. The molecule has 0 radical (unpaired) electrons. The van der Waals surface area contributed by atoms with Crippen LogP contribution in [0.15, 0.2) is 0 Å². The number of nitrogens with zero attached hydrogens (tertiary/aromatic N) is 2. The molecule has 4 aliphatic carbocycles. The third-order valence-electron chi connectivity index (χ3n) is 8.58. The predicted molar refractivity (Wildman–Crippen MR) is 108 cm³/mol. The topological polar surface area (TPSA) is 36.3 Å². The van der Waals surface area contributed by atoms with Crippen LogP contribution in [0.5, 0.6) is 0 Å². The molecule has 0 amide bonds. The van der Waals surface area contributed by atoms with E-state index in [4.69, 9.17) is 14.4 Å². The van der Waals surface area contributed by atoms with Crippen LogP contribution in [0.4, 0.5) is 0 Å². The smallest absolute Gasteiger partial charge is 0.399 e. The first-order valence-corrected chi connectivity index (χ1v) is 11.0. The number of aryl methyl sites for hydroxylation is 1. The summed E-state index contributed by atoms with van der Waals surface area (Å²) in [5.74, 6) is 2.95. The largest absolute Gasteiger partial charge is 0.498 e. The molecule has 0 unspecified atom stereocenters. The van der Waals surface area contributed by atoms with Crippen molar-refractivity contribution in [1.29, 1.82) is 0 Å². The summed E-state index contributed by atoms with van der Waals surface area (Å²) in [7, 11) is -0.305. The highest BCUT2D eigenvalue weighted by atomic mass is 16.7. The van der Waals surface area contributed by atoms with Gasteiger partial charge in [-0.3, -0.25) is 4.68 Å². The zero-order chi connectivity index (χ0) is 19.2. The van der Waals surface area contributed by atoms with Gasteiger partial charge in [0.05, 0.1) is 16.9 Å². The molecule has 4 nitrogen and oxygen atoms in total. The lowest BCUT2D eigenvalue weighted by molar-refractivity contribution is -0.0638. The van der Waals surface area contributed by atoms with Crippen molar-refractivity contribution in [3.63, 3.8) is 0 Å². The third-order valence-corrected chi connectivity index (χ3v) is 8.58. The highest BCUT2D eigenvalue weighted by Gasteiger charge is 2.54. The Bertz CT molecular complexity index is 715. The van der Waals surface area contributed by atoms with Crippen molar-refractivity contribution in [3.8, 4) is 0 Å². The summed E-state index contributed by atoms with van der Waals surface area (Å²) in [6.07, 6.45) is 8.75. The van der Waals surface area contributed by atoms with Gasteiger partial charge in [-0.1, -0.05) is 0 Å². The average Bonchev–Trinajstić information content (AvgIpc) is 2.89. The van der Waals surface area contributed by atoms with Gasteiger partial charge in [0.25, 0.3) is 0 Å². The van der Waals surface area contributed by atoms with Crippen molar-refractivity contribution in [2.75, 3.05) is 0 Å². The van der Waals surface area contributed by atoms with Gasteiger partial charge >= 0.3 is 7.12 Å². The van der Waals surface area contributed by atoms with Crippen molar-refractivity contribution < 1.29 is 9.31 Å². The van der Waals surface area contributed by atoms with Gasteiger partial charge < -0.3 is 9.31 Å². The van der Waals surface area contributed by atoms with E-state index in [0.29, 0.717) is 5.41 Å². The second-order valence-corrected chi connectivity index (χ2v) is 11.2. The molecular weight excluding hydrogens is 335 g/mol. The molecule has 27 heavy (non-hydrogen) atoms. The van der Waals surface area contributed by atoms with Gasteiger partial charge in [-0.05, 0) is 103 Å². The van der Waals surface area contributed by atoms with E-state index in [1.165, 1.54) is 44.2 Å². The SMILES string of the molecule is Cc1nn(CC23CC4CC(CC(C4)C2)C3)c(C)c1B1OC(C)(C)C(C)(C)O1. The van der Waals surface area contributed by atoms with Crippen LogP contribution in [-0.4, -0.2) is 28.1 Å². The van der Waals surface area contributed by atoms with Crippen LogP contribution in [0.3, 0.4) is 0 Å². The second kappa shape index (κ2) is 5.63. The van der Waals surface area contributed by atoms with E-state index >= 15 is 0 Å². The number of hydrogen-bond donors (Lipinski definition) is 0. The summed E-state index contributed by atoms with van der Waals surface area (Å²) < 4.78 is 15.0. The first kappa shape index (κ1) is 18.2. The summed E-state index contributed by atoms with van der Waals surface area (Å²) in [5.41, 5.74) is 3.33. The van der Waals surface area contributed by atoms with E-state index in [2.05, 4.69) is 46.2 Å². The minimum Gasteiger partial charge on any atom is -0.399 e. The molecule has 5 aliphatic rings. The molecule has 0 spiro atoms. The van der Waals surface area contributed by atoms with E-state index in [9.17, 15) is 0 Å². The van der Waals surface area contributed by atoms with Crippen molar-refractivity contribution in [2.24, 2.45) is 23.2 Å².